The summed E-state index contributed by atoms with van der Waals surface area (Å²) in [7, 11) is 3.11. The molecule has 0 unspecified atom stereocenters. The minimum absolute atomic E-state index is 0.0260. The molecule has 6 heteroatoms. The summed E-state index contributed by atoms with van der Waals surface area (Å²) in [5.41, 5.74) is 2.06. The fraction of sp³-hybridized carbons (Fsp3) is 0.273. The number of anilines is 2. The van der Waals surface area contributed by atoms with E-state index in [-0.39, 0.29) is 11.8 Å². The number of carbonyl (C=O) groups excluding carboxylic acids is 2. The molecule has 0 bridgehead atoms. The van der Waals surface area contributed by atoms with Crippen LogP contribution in [0, 0.1) is 5.92 Å². The van der Waals surface area contributed by atoms with Gasteiger partial charge in [0, 0.05) is 29.4 Å². The van der Waals surface area contributed by atoms with Gasteiger partial charge in [-0.2, -0.15) is 0 Å². The van der Waals surface area contributed by atoms with Gasteiger partial charge in [-0.05, 0) is 42.3 Å². The van der Waals surface area contributed by atoms with E-state index >= 15 is 0 Å². The SMILES string of the molecule is COc1cccc(/C=C/C(=O)Nc2ccc(NC(=O)CC(C)C)cc2)c1OC. The van der Waals surface area contributed by atoms with Crippen LogP contribution >= 0.6 is 0 Å². The van der Waals surface area contributed by atoms with Crippen LogP contribution in [0.4, 0.5) is 11.4 Å². The third-order valence-corrected chi connectivity index (χ3v) is 3.88. The molecule has 0 aliphatic rings. The molecule has 0 aromatic heterocycles. The smallest absolute Gasteiger partial charge is 0.248 e. The summed E-state index contributed by atoms with van der Waals surface area (Å²) in [5, 5.41) is 5.61. The highest BCUT2D eigenvalue weighted by atomic mass is 16.5. The van der Waals surface area contributed by atoms with Crippen LogP contribution in [-0.2, 0) is 9.59 Å². The van der Waals surface area contributed by atoms with E-state index in [1.54, 1.807) is 50.6 Å². The predicted molar refractivity (Wildman–Crippen MR) is 112 cm³/mol. The normalized spacial score (nSPS) is 10.8. The lowest BCUT2D eigenvalue weighted by molar-refractivity contribution is -0.117. The second kappa shape index (κ2) is 10.2. The van der Waals surface area contributed by atoms with E-state index in [9.17, 15) is 9.59 Å². The third-order valence-electron chi connectivity index (χ3n) is 3.88. The number of amides is 2. The maximum Gasteiger partial charge on any atom is 0.248 e. The number of ether oxygens (including phenoxy) is 2. The molecule has 2 aromatic rings. The molecule has 0 heterocycles. The first-order valence-electron chi connectivity index (χ1n) is 9.03. The molecule has 0 spiro atoms. The summed E-state index contributed by atoms with van der Waals surface area (Å²) >= 11 is 0. The lowest BCUT2D eigenvalue weighted by Crippen LogP contribution is -2.14. The predicted octanol–water partition coefficient (Wildman–Crippen LogP) is 4.34. The average molecular weight is 382 g/mol. The highest BCUT2D eigenvalue weighted by Gasteiger charge is 2.08. The van der Waals surface area contributed by atoms with Gasteiger partial charge in [0.1, 0.15) is 0 Å². The van der Waals surface area contributed by atoms with Gasteiger partial charge in [0.05, 0.1) is 14.2 Å². The fourth-order valence-electron chi connectivity index (χ4n) is 2.61. The Kier molecular flexibility index (Phi) is 7.63. The van der Waals surface area contributed by atoms with Crippen molar-refractivity contribution in [3.8, 4) is 11.5 Å². The van der Waals surface area contributed by atoms with Crippen molar-refractivity contribution in [2.24, 2.45) is 5.92 Å². The lowest BCUT2D eigenvalue weighted by Gasteiger charge is -2.10. The van der Waals surface area contributed by atoms with Gasteiger partial charge < -0.3 is 20.1 Å². The van der Waals surface area contributed by atoms with Crippen LogP contribution in [-0.4, -0.2) is 26.0 Å². The minimum Gasteiger partial charge on any atom is -0.493 e. The summed E-state index contributed by atoms with van der Waals surface area (Å²) in [4.78, 5) is 24.0. The Morgan fingerprint density at radius 3 is 2.18 bits per heavy atom. The van der Waals surface area contributed by atoms with E-state index in [0.717, 1.165) is 5.56 Å². The zero-order valence-corrected chi connectivity index (χ0v) is 16.6. The number of carbonyl (C=O) groups is 2. The van der Waals surface area contributed by atoms with Crippen molar-refractivity contribution in [3.63, 3.8) is 0 Å². The fourth-order valence-corrected chi connectivity index (χ4v) is 2.61. The highest BCUT2D eigenvalue weighted by molar-refractivity contribution is 6.02. The maximum atomic E-state index is 12.2. The number of para-hydroxylation sites is 1. The molecular formula is C22H26N2O4. The van der Waals surface area contributed by atoms with Gasteiger partial charge in [-0.1, -0.05) is 26.0 Å². The van der Waals surface area contributed by atoms with Crippen LogP contribution in [0.3, 0.4) is 0 Å². The molecule has 2 N–H and O–H groups in total. The Hall–Kier alpha value is -3.28. The Morgan fingerprint density at radius 1 is 0.964 bits per heavy atom. The first-order valence-corrected chi connectivity index (χ1v) is 9.03. The quantitative estimate of drug-likeness (QED) is 0.666. The Balaban J connectivity index is 1.98. The number of benzene rings is 2. The largest absolute Gasteiger partial charge is 0.493 e. The topological polar surface area (TPSA) is 76.7 Å². The van der Waals surface area contributed by atoms with Crippen LogP contribution in [0.2, 0.25) is 0 Å². The summed E-state index contributed by atoms with van der Waals surface area (Å²) in [5.74, 6) is 1.16. The molecule has 2 amide bonds. The van der Waals surface area contributed by atoms with Gasteiger partial charge in [0.25, 0.3) is 0 Å². The summed E-state index contributed by atoms with van der Waals surface area (Å²) in [6.45, 7) is 3.99. The lowest BCUT2D eigenvalue weighted by atomic mass is 10.1. The van der Waals surface area contributed by atoms with Crippen LogP contribution in [0.15, 0.2) is 48.5 Å². The van der Waals surface area contributed by atoms with Crippen molar-refractivity contribution < 1.29 is 19.1 Å². The molecular weight excluding hydrogens is 356 g/mol. The molecule has 0 saturated heterocycles. The summed E-state index contributed by atoms with van der Waals surface area (Å²) in [6, 6.07) is 12.4. The van der Waals surface area contributed by atoms with Crippen molar-refractivity contribution in [3.05, 3.63) is 54.1 Å². The third kappa shape index (κ3) is 6.16. The number of rotatable bonds is 8. The van der Waals surface area contributed by atoms with E-state index in [1.807, 2.05) is 26.0 Å². The second-order valence-electron chi connectivity index (χ2n) is 6.63. The maximum absolute atomic E-state index is 12.2. The monoisotopic (exact) mass is 382 g/mol. The van der Waals surface area contributed by atoms with Gasteiger partial charge in [0.15, 0.2) is 11.5 Å². The van der Waals surface area contributed by atoms with Crippen molar-refractivity contribution >= 4 is 29.3 Å². The molecule has 0 saturated carbocycles. The Labute approximate surface area is 165 Å². The Bertz CT molecular complexity index is 842. The molecule has 28 heavy (non-hydrogen) atoms. The highest BCUT2D eigenvalue weighted by Crippen LogP contribution is 2.31. The van der Waals surface area contributed by atoms with E-state index in [0.29, 0.717) is 35.2 Å². The number of hydrogen-bond donors (Lipinski definition) is 2. The van der Waals surface area contributed by atoms with Gasteiger partial charge in [-0.25, -0.2) is 0 Å². The zero-order chi connectivity index (χ0) is 20.5. The van der Waals surface area contributed by atoms with Gasteiger partial charge in [-0.3, -0.25) is 9.59 Å². The van der Waals surface area contributed by atoms with E-state index < -0.39 is 0 Å². The molecule has 0 fully saturated rings. The van der Waals surface area contributed by atoms with Gasteiger partial charge in [-0.15, -0.1) is 0 Å². The molecule has 0 radical (unpaired) electrons. The molecule has 0 atom stereocenters. The Morgan fingerprint density at radius 2 is 1.61 bits per heavy atom. The number of hydrogen-bond acceptors (Lipinski definition) is 4. The number of methoxy groups -OCH3 is 2. The van der Waals surface area contributed by atoms with Crippen molar-refractivity contribution in [1.82, 2.24) is 0 Å². The van der Waals surface area contributed by atoms with Crippen molar-refractivity contribution in [2.45, 2.75) is 20.3 Å². The average Bonchev–Trinajstić information content (AvgIpc) is 2.66. The minimum atomic E-state index is -0.276. The molecule has 0 aliphatic heterocycles. The first-order chi connectivity index (χ1) is 13.4. The molecule has 0 aliphatic carbocycles. The molecule has 2 rings (SSSR count). The van der Waals surface area contributed by atoms with Crippen molar-refractivity contribution in [1.29, 1.82) is 0 Å². The van der Waals surface area contributed by atoms with Crippen LogP contribution < -0.4 is 20.1 Å². The van der Waals surface area contributed by atoms with Crippen LogP contribution in [0.1, 0.15) is 25.8 Å². The zero-order valence-electron chi connectivity index (χ0n) is 16.6. The van der Waals surface area contributed by atoms with Gasteiger partial charge >= 0.3 is 0 Å². The van der Waals surface area contributed by atoms with E-state index in [4.69, 9.17) is 9.47 Å². The molecule has 6 nitrogen and oxygen atoms in total. The van der Waals surface area contributed by atoms with Crippen molar-refractivity contribution in [2.75, 3.05) is 24.9 Å². The summed E-state index contributed by atoms with van der Waals surface area (Å²) in [6.07, 6.45) is 3.56. The molecule has 2 aromatic carbocycles. The standard InChI is InChI=1S/C22H26N2O4/c1-15(2)14-21(26)24-18-11-9-17(10-12-18)23-20(25)13-8-16-6-5-7-19(27-3)22(16)28-4/h5-13,15H,14H2,1-4H3,(H,23,25)(H,24,26)/b13-8+. The summed E-state index contributed by atoms with van der Waals surface area (Å²) < 4.78 is 10.6. The number of nitrogens with one attached hydrogen (secondary N) is 2. The van der Waals surface area contributed by atoms with Gasteiger partial charge in [0.2, 0.25) is 11.8 Å². The molecule has 148 valence electrons. The van der Waals surface area contributed by atoms with Crippen LogP contribution in [0.25, 0.3) is 6.08 Å². The van der Waals surface area contributed by atoms with E-state index in [1.165, 1.54) is 6.08 Å². The van der Waals surface area contributed by atoms with Crippen LogP contribution in [0.5, 0.6) is 11.5 Å². The van der Waals surface area contributed by atoms with E-state index in [2.05, 4.69) is 10.6 Å². The second-order valence-corrected chi connectivity index (χ2v) is 6.63. The first kappa shape index (κ1) is 21.0.